The second kappa shape index (κ2) is 6.93. The summed E-state index contributed by atoms with van der Waals surface area (Å²) < 4.78 is 2.02. The molecule has 2 aromatic rings. The zero-order valence-corrected chi connectivity index (χ0v) is 13.3. The third kappa shape index (κ3) is 3.97. The Morgan fingerprint density at radius 1 is 1.36 bits per heavy atom. The molecule has 0 aliphatic heterocycles. The van der Waals surface area contributed by atoms with Crippen LogP contribution in [0.25, 0.3) is 5.69 Å². The maximum atomic E-state index is 11.8. The standard InChI is InChI=1S/C17H22N4O/c1-12(2)11-19-17(22)20-13(3)15-5-7-16(8-6-15)21-10-9-18-14(21)4/h5-10,13H,1,11H2,2-4H3,(H2,19,20,22)/t13-/m0/s1. The van der Waals surface area contributed by atoms with Gasteiger partial charge in [-0.15, -0.1) is 0 Å². The molecule has 2 N–H and O–H groups in total. The Morgan fingerprint density at radius 3 is 2.59 bits per heavy atom. The number of benzene rings is 1. The van der Waals surface area contributed by atoms with Crippen LogP contribution in [0.2, 0.25) is 0 Å². The molecule has 0 unspecified atom stereocenters. The van der Waals surface area contributed by atoms with Gasteiger partial charge >= 0.3 is 6.03 Å². The van der Waals surface area contributed by atoms with E-state index in [1.165, 1.54) is 0 Å². The predicted octanol–water partition coefficient (Wildman–Crippen LogP) is 3.12. The highest BCUT2D eigenvalue weighted by atomic mass is 16.2. The van der Waals surface area contributed by atoms with E-state index in [9.17, 15) is 4.79 Å². The predicted molar refractivity (Wildman–Crippen MR) is 88.1 cm³/mol. The molecular weight excluding hydrogens is 276 g/mol. The highest BCUT2D eigenvalue weighted by molar-refractivity contribution is 5.74. The first-order valence-corrected chi connectivity index (χ1v) is 7.26. The minimum atomic E-state index is -0.190. The van der Waals surface area contributed by atoms with Crippen molar-refractivity contribution in [3.8, 4) is 5.69 Å². The van der Waals surface area contributed by atoms with Crippen molar-refractivity contribution in [2.75, 3.05) is 6.54 Å². The number of carbonyl (C=O) groups excluding carboxylic acids is 1. The van der Waals surface area contributed by atoms with Crippen LogP contribution < -0.4 is 10.6 Å². The van der Waals surface area contributed by atoms with E-state index >= 15 is 0 Å². The Balaban J connectivity index is 1.99. The molecule has 22 heavy (non-hydrogen) atoms. The summed E-state index contributed by atoms with van der Waals surface area (Å²) in [6, 6.07) is 7.81. The minimum Gasteiger partial charge on any atom is -0.334 e. The van der Waals surface area contributed by atoms with Crippen molar-refractivity contribution < 1.29 is 4.79 Å². The number of amides is 2. The fraction of sp³-hybridized carbons (Fsp3) is 0.294. The summed E-state index contributed by atoms with van der Waals surface area (Å²) in [5.74, 6) is 0.943. The summed E-state index contributed by atoms with van der Waals surface area (Å²) >= 11 is 0. The van der Waals surface area contributed by atoms with Crippen LogP contribution in [0.3, 0.4) is 0 Å². The van der Waals surface area contributed by atoms with Gasteiger partial charge in [-0.25, -0.2) is 9.78 Å². The fourth-order valence-electron chi connectivity index (χ4n) is 2.14. The molecular formula is C17H22N4O. The lowest BCUT2D eigenvalue weighted by atomic mass is 10.1. The van der Waals surface area contributed by atoms with Crippen LogP contribution in [-0.2, 0) is 0 Å². The number of nitrogens with one attached hydrogen (secondary N) is 2. The van der Waals surface area contributed by atoms with Gasteiger partial charge < -0.3 is 15.2 Å². The number of rotatable bonds is 5. The van der Waals surface area contributed by atoms with Gasteiger partial charge in [-0.3, -0.25) is 0 Å². The first kappa shape index (κ1) is 15.8. The van der Waals surface area contributed by atoms with Crippen LogP contribution in [0.5, 0.6) is 0 Å². The van der Waals surface area contributed by atoms with Gasteiger partial charge in [-0.05, 0) is 38.5 Å². The molecule has 1 aromatic heterocycles. The van der Waals surface area contributed by atoms with Gasteiger partial charge in [0.25, 0.3) is 0 Å². The van der Waals surface area contributed by atoms with E-state index in [2.05, 4.69) is 22.2 Å². The molecule has 0 saturated carbocycles. The summed E-state index contributed by atoms with van der Waals surface area (Å²) in [6.45, 7) is 10.0. The van der Waals surface area contributed by atoms with Crippen molar-refractivity contribution >= 4 is 6.03 Å². The monoisotopic (exact) mass is 298 g/mol. The van der Waals surface area contributed by atoms with Crippen LogP contribution in [0.4, 0.5) is 4.79 Å². The summed E-state index contributed by atoms with van der Waals surface area (Å²) in [6.07, 6.45) is 3.70. The van der Waals surface area contributed by atoms with Crippen molar-refractivity contribution in [2.24, 2.45) is 0 Å². The van der Waals surface area contributed by atoms with Gasteiger partial charge in [-0.2, -0.15) is 0 Å². The van der Waals surface area contributed by atoms with Crippen molar-refractivity contribution in [1.29, 1.82) is 0 Å². The average molecular weight is 298 g/mol. The highest BCUT2D eigenvalue weighted by Crippen LogP contribution is 2.16. The Labute approximate surface area is 131 Å². The molecule has 0 spiro atoms. The topological polar surface area (TPSA) is 59.0 Å². The van der Waals surface area contributed by atoms with E-state index in [1.807, 2.05) is 55.8 Å². The maximum Gasteiger partial charge on any atom is 0.315 e. The van der Waals surface area contributed by atoms with E-state index in [-0.39, 0.29) is 12.1 Å². The van der Waals surface area contributed by atoms with Gasteiger partial charge in [0.05, 0.1) is 6.04 Å². The number of nitrogens with zero attached hydrogens (tertiary/aromatic N) is 2. The highest BCUT2D eigenvalue weighted by Gasteiger charge is 2.09. The van der Waals surface area contributed by atoms with E-state index in [0.29, 0.717) is 6.54 Å². The molecule has 116 valence electrons. The molecule has 1 heterocycles. The molecule has 0 fully saturated rings. The minimum absolute atomic E-state index is 0.0666. The largest absolute Gasteiger partial charge is 0.334 e. The smallest absolute Gasteiger partial charge is 0.315 e. The zero-order chi connectivity index (χ0) is 16.1. The third-order valence-corrected chi connectivity index (χ3v) is 3.40. The number of hydrogen-bond donors (Lipinski definition) is 2. The molecule has 5 nitrogen and oxygen atoms in total. The van der Waals surface area contributed by atoms with Crippen LogP contribution in [0.1, 0.15) is 31.3 Å². The maximum absolute atomic E-state index is 11.8. The SMILES string of the molecule is C=C(C)CNC(=O)N[C@@H](C)c1ccc(-n2ccnc2C)cc1. The number of urea groups is 1. The summed E-state index contributed by atoms with van der Waals surface area (Å²) in [4.78, 5) is 16.0. The lowest BCUT2D eigenvalue weighted by Gasteiger charge is -2.16. The van der Waals surface area contributed by atoms with Crippen molar-refractivity contribution in [3.63, 3.8) is 0 Å². The van der Waals surface area contributed by atoms with E-state index < -0.39 is 0 Å². The summed E-state index contributed by atoms with van der Waals surface area (Å²) in [5.41, 5.74) is 3.02. The Morgan fingerprint density at radius 2 is 2.05 bits per heavy atom. The molecule has 0 saturated heterocycles. The normalized spacial score (nSPS) is 11.8. The Hall–Kier alpha value is -2.56. The van der Waals surface area contributed by atoms with Crippen LogP contribution in [0, 0.1) is 6.92 Å². The van der Waals surface area contributed by atoms with Crippen LogP contribution >= 0.6 is 0 Å². The number of aromatic nitrogens is 2. The molecule has 5 heteroatoms. The average Bonchev–Trinajstić information content (AvgIpc) is 2.91. The van der Waals surface area contributed by atoms with Gasteiger partial charge in [0.15, 0.2) is 0 Å². The summed E-state index contributed by atoms with van der Waals surface area (Å²) in [7, 11) is 0. The molecule has 1 aromatic carbocycles. The number of hydrogen-bond acceptors (Lipinski definition) is 2. The van der Waals surface area contributed by atoms with Crippen LogP contribution in [0.15, 0.2) is 48.8 Å². The Bertz CT molecular complexity index is 658. The molecule has 2 rings (SSSR count). The molecule has 2 amide bonds. The van der Waals surface area contributed by atoms with Crippen molar-refractivity contribution in [3.05, 3.63) is 60.2 Å². The van der Waals surface area contributed by atoms with Crippen LogP contribution in [-0.4, -0.2) is 22.1 Å². The van der Waals surface area contributed by atoms with Gasteiger partial charge in [0.1, 0.15) is 5.82 Å². The molecule has 0 bridgehead atoms. The Kier molecular flexibility index (Phi) is 4.99. The lowest BCUT2D eigenvalue weighted by Crippen LogP contribution is -2.37. The van der Waals surface area contributed by atoms with Crippen molar-refractivity contribution in [2.45, 2.75) is 26.8 Å². The molecule has 0 aliphatic rings. The zero-order valence-electron chi connectivity index (χ0n) is 13.3. The van der Waals surface area contributed by atoms with E-state index in [0.717, 1.165) is 22.6 Å². The molecule has 1 atom stereocenters. The number of aryl methyl sites for hydroxylation is 1. The number of carbonyl (C=O) groups is 1. The van der Waals surface area contributed by atoms with E-state index in [4.69, 9.17) is 0 Å². The first-order valence-electron chi connectivity index (χ1n) is 7.26. The summed E-state index contributed by atoms with van der Waals surface area (Å²) in [5, 5.41) is 5.67. The fourth-order valence-corrected chi connectivity index (χ4v) is 2.14. The van der Waals surface area contributed by atoms with Gasteiger partial charge in [-0.1, -0.05) is 24.3 Å². The van der Waals surface area contributed by atoms with E-state index in [1.54, 1.807) is 6.20 Å². The lowest BCUT2D eigenvalue weighted by molar-refractivity contribution is 0.238. The van der Waals surface area contributed by atoms with Crippen molar-refractivity contribution in [1.82, 2.24) is 20.2 Å². The number of imidazole rings is 1. The second-order valence-electron chi connectivity index (χ2n) is 5.44. The first-order chi connectivity index (χ1) is 10.5. The third-order valence-electron chi connectivity index (χ3n) is 3.40. The van der Waals surface area contributed by atoms with Gasteiger partial charge in [0, 0.05) is 24.6 Å². The quantitative estimate of drug-likeness (QED) is 0.833. The van der Waals surface area contributed by atoms with Gasteiger partial charge in [0.2, 0.25) is 0 Å². The molecule has 0 aliphatic carbocycles. The molecule has 0 radical (unpaired) electrons. The second-order valence-corrected chi connectivity index (χ2v) is 5.44.